The van der Waals surface area contributed by atoms with Crippen LogP contribution in [0.1, 0.15) is 24.3 Å². The molecular formula is C38H32N2O. The largest absolute Gasteiger partial charge is 0.456 e. The summed E-state index contributed by atoms with van der Waals surface area (Å²) in [5, 5.41) is 8.64. The molecule has 41 heavy (non-hydrogen) atoms. The van der Waals surface area contributed by atoms with Crippen LogP contribution in [0.25, 0.3) is 49.4 Å². The van der Waals surface area contributed by atoms with Crippen LogP contribution >= 0.6 is 0 Å². The second-order valence-electron chi connectivity index (χ2n) is 11.3. The Hall–Kier alpha value is -4.60. The van der Waals surface area contributed by atoms with Crippen molar-refractivity contribution in [2.24, 2.45) is 5.92 Å². The molecular weight excluding hydrogens is 500 g/mol. The maximum atomic E-state index is 6.29. The lowest BCUT2D eigenvalue weighted by Gasteiger charge is -2.22. The van der Waals surface area contributed by atoms with Gasteiger partial charge >= 0.3 is 0 Å². The first-order valence-electron chi connectivity index (χ1n) is 14.7. The molecule has 0 saturated carbocycles. The minimum absolute atomic E-state index is 0.436. The maximum absolute atomic E-state index is 6.29. The van der Waals surface area contributed by atoms with Crippen LogP contribution in [0.4, 0.5) is 0 Å². The Morgan fingerprint density at radius 3 is 2.46 bits per heavy atom. The minimum atomic E-state index is 0.436. The van der Waals surface area contributed by atoms with Crippen LogP contribution in [0, 0.1) is 5.92 Å². The van der Waals surface area contributed by atoms with Gasteiger partial charge in [-0.1, -0.05) is 97.1 Å². The Labute approximate surface area is 239 Å². The van der Waals surface area contributed by atoms with Crippen molar-refractivity contribution in [3.05, 3.63) is 139 Å². The van der Waals surface area contributed by atoms with E-state index in [1.54, 1.807) is 0 Å². The molecule has 200 valence electrons. The molecule has 1 N–H and O–H groups in total. The van der Waals surface area contributed by atoms with Crippen molar-refractivity contribution in [1.82, 2.24) is 9.88 Å². The molecule has 2 aromatic heterocycles. The monoisotopic (exact) mass is 532 g/mol. The Balaban J connectivity index is 1.03. The van der Waals surface area contributed by atoms with Crippen LogP contribution in [-0.4, -0.2) is 17.7 Å². The zero-order chi connectivity index (χ0) is 27.2. The lowest BCUT2D eigenvalue weighted by atomic mass is 9.90. The van der Waals surface area contributed by atoms with Gasteiger partial charge in [-0.05, 0) is 54.2 Å². The molecule has 2 unspecified atom stereocenters. The van der Waals surface area contributed by atoms with Gasteiger partial charge in [0.2, 0.25) is 0 Å². The number of para-hydroxylation sites is 2. The van der Waals surface area contributed by atoms with Gasteiger partial charge in [0.1, 0.15) is 11.2 Å². The molecule has 3 heteroatoms. The normalized spacial score (nSPS) is 18.9. The molecule has 0 bridgehead atoms. The fourth-order valence-corrected chi connectivity index (χ4v) is 6.68. The van der Waals surface area contributed by atoms with E-state index in [9.17, 15) is 0 Å². The summed E-state index contributed by atoms with van der Waals surface area (Å²) in [6.45, 7) is 1.85. The predicted molar refractivity (Wildman–Crippen MR) is 172 cm³/mol. The summed E-state index contributed by atoms with van der Waals surface area (Å²) < 4.78 is 8.74. The zero-order valence-electron chi connectivity index (χ0n) is 23.0. The molecule has 4 aromatic carbocycles. The summed E-state index contributed by atoms with van der Waals surface area (Å²) >= 11 is 0. The molecule has 3 nitrogen and oxygen atoms in total. The van der Waals surface area contributed by atoms with E-state index in [0.29, 0.717) is 11.8 Å². The highest BCUT2D eigenvalue weighted by atomic mass is 16.3. The number of aromatic nitrogens is 1. The van der Waals surface area contributed by atoms with E-state index in [0.717, 1.165) is 37.1 Å². The highest BCUT2D eigenvalue weighted by molar-refractivity contribution is 6.17. The van der Waals surface area contributed by atoms with Gasteiger partial charge in [-0.15, -0.1) is 0 Å². The molecule has 2 aliphatic rings. The highest BCUT2D eigenvalue weighted by Crippen LogP contribution is 2.39. The molecule has 2 aliphatic carbocycles. The van der Waals surface area contributed by atoms with Crippen LogP contribution in [-0.2, 0) is 0 Å². The lowest BCUT2D eigenvalue weighted by Crippen LogP contribution is -2.25. The van der Waals surface area contributed by atoms with Crippen molar-refractivity contribution in [3.63, 3.8) is 0 Å². The van der Waals surface area contributed by atoms with Gasteiger partial charge in [0.05, 0.1) is 11.0 Å². The van der Waals surface area contributed by atoms with Crippen molar-refractivity contribution < 1.29 is 4.42 Å². The Morgan fingerprint density at radius 2 is 1.59 bits per heavy atom. The molecule has 2 heterocycles. The zero-order valence-corrected chi connectivity index (χ0v) is 23.0. The van der Waals surface area contributed by atoms with E-state index in [1.165, 1.54) is 49.4 Å². The fourth-order valence-electron chi connectivity index (χ4n) is 6.68. The van der Waals surface area contributed by atoms with E-state index in [4.69, 9.17) is 4.42 Å². The standard InChI is InChI=1S/C38H32N2O/c1-2-10-28(11-3-1)29-19-17-26(18-20-29)24-39-25-27-9-8-12-30(21-27)40-35-15-6-4-13-31(35)33-22-34-32-14-5-7-16-37(32)41-38(34)23-36(33)40/h1-19,22-23,27,29,39H,20-21,24-25H2. The van der Waals surface area contributed by atoms with Gasteiger partial charge in [-0.2, -0.15) is 0 Å². The molecule has 2 atom stereocenters. The summed E-state index contributed by atoms with van der Waals surface area (Å²) in [5.74, 6) is 0.923. The molecule has 0 amide bonds. The van der Waals surface area contributed by atoms with Crippen LogP contribution in [0.2, 0.25) is 0 Å². The topological polar surface area (TPSA) is 30.1 Å². The molecule has 0 saturated heterocycles. The summed E-state index contributed by atoms with van der Waals surface area (Å²) in [6.07, 6.45) is 16.0. The number of hydrogen-bond acceptors (Lipinski definition) is 2. The van der Waals surface area contributed by atoms with Crippen LogP contribution in [0.5, 0.6) is 0 Å². The van der Waals surface area contributed by atoms with Crippen molar-refractivity contribution in [2.75, 3.05) is 13.1 Å². The number of hydrogen-bond donors (Lipinski definition) is 1. The number of allylic oxidation sites excluding steroid dienone is 5. The number of fused-ring (bicyclic) bond motifs is 6. The number of nitrogens with zero attached hydrogens (tertiary/aromatic N) is 1. The van der Waals surface area contributed by atoms with E-state index in [1.807, 2.05) is 6.07 Å². The third-order valence-electron chi connectivity index (χ3n) is 8.74. The average Bonchev–Trinajstić information content (AvgIpc) is 3.56. The van der Waals surface area contributed by atoms with Gasteiger partial charge in [0, 0.05) is 52.3 Å². The first-order valence-corrected chi connectivity index (χ1v) is 14.7. The number of furan rings is 1. The lowest BCUT2D eigenvalue weighted by molar-refractivity contribution is 0.579. The molecule has 6 aromatic rings. The van der Waals surface area contributed by atoms with E-state index in [2.05, 4.69) is 131 Å². The number of rotatable bonds is 6. The van der Waals surface area contributed by atoms with E-state index >= 15 is 0 Å². The summed E-state index contributed by atoms with van der Waals surface area (Å²) in [6, 6.07) is 32.4. The van der Waals surface area contributed by atoms with Crippen molar-refractivity contribution >= 4 is 49.4 Å². The quantitative estimate of drug-likeness (QED) is 0.232. The van der Waals surface area contributed by atoms with E-state index < -0.39 is 0 Å². The second-order valence-corrected chi connectivity index (χ2v) is 11.3. The highest BCUT2D eigenvalue weighted by Gasteiger charge is 2.20. The third kappa shape index (κ3) is 4.34. The first-order chi connectivity index (χ1) is 20.3. The van der Waals surface area contributed by atoms with Gasteiger partial charge in [0.25, 0.3) is 0 Å². The van der Waals surface area contributed by atoms with Gasteiger partial charge in [-0.25, -0.2) is 0 Å². The maximum Gasteiger partial charge on any atom is 0.137 e. The number of nitrogens with one attached hydrogen (secondary N) is 1. The summed E-state index contributed by atoms with van der Waals surface area (Å²) in [4.78, 5) is 0. The van der Waals surface area contributed by atoms with Gasteiger partial charge in [-0.3, -0.25) is 0 Å². The van der Waals surface area contributed by atoms with Crippen molar-refractivity contribution in [1.29, 1.82) is 0 Å². The Kier molecular flexibility index (Phi) is 5.97. The Bertz CT molecular complexity index is 2030. The molecule has 8 rings (SSSR count). The van der Waals surface area contributed by atoms with Gasteiger partial charge in [0.15, 0.2) is 0 Å². The van der Waals surface area contributed by atoms with Crippen molar-refractivity contribution in [2.45, 2.75) is 18.8 Å². The fraction of sp³-hybridized carbons (Fsp3) is 0.158. The molecule has 0 aliphatic heterocycles. The molecule has 0 fully saturated rings. The average molecular weight is 533 g/mol. The summed E-state index contributed by atoms with van der Waals surface area (Å²) in [5.41, 5.74) is 8.43. The number of benzene rings is 4. The predicted octanol–water partition coefficient (Wildman–Crippen LogP) is 9.37. The van der Waals surface area contributed by atoms with Gasteiger partial charge < -0.3 is 14.3 Å². The van der Waals surface area contributed by atoms with E-state index in [-0.39, 0.29) is 0 Å². The first kappa shape index (κ1) is 24.2. The SMILES string of the molecule is C1=CC(CNCC2=CCC(c3ccccc3)C=C2)CC(n2c3ccccc3c3cc4c(cc32)oc2ccccc24)=C1. The van der Waals surface area contributed by atoms with Crippen LogP contribution in [0.15, 0.2) is 137 Å². The molecule has 0 radical (unpaired) electrons. The summed E-state index contributed by atoms with van der Waals surface area (Å²) in [7, 11) is 0. The Morgan fingerprint density at radius 1 is 0.756 bits per heavy atom. The van der Waals surface area contributed by atoms with Crippen LogP contribution < -0.4 is 5.32 Å². The second kappa shape index (κ2) is 10.1. The molecule has 0 spiro atoms. The third-order valence-corrected chi connectivity index (χ3v) is 8.74. The van der Waals surface area contributed by atoms with Crippen molar-refractivity contribution in [3.8, 4) is 0 Å². The smallest absolute Gasteiger partial charge is 0.137 e. The van der Waals surface area contributed by atoms with Crippen LogP contribution in [0.3, 0.4) is 0 Å². The minimum Gasteiger partial charge on any atom is -0.456 e.